The molecular formula is C27H45ClN2O. The molecule has 3 nitrogen and oxygen atoms in total. The van der Waals surface area contributed by atoms with Crippen LogP contribution in [0.2, 0.25) is 5.02 Å². The van der Waals surface area contributed by atoms with Crippen molar-refractivity contribution in [1.29, 1.82) is 5.26 Å². The van der Waals surface area contributed by atoms with Crippen LogP contribution >= 0.6 is 11.6 Å². The molecule has 1 saturated heterocycles. The molecule has 0 N–H and O–H groups in total. The number of carbonyl (C=O) groups excluding carboxylic acids is 1. The molecule has 31 heavy (non-hydrogen) atoms. The van der Waals surface area contributed by atoms with E-state index in [0.29, 0.717) is 10.6 Å². The van der Waals surface area contributed by atoms with Crippen LogP contribution in [0.5, 0.6) is 0 Å². The number of aldehydes is 1. The highest BCUT2D eigenvalue weighted by atomic mass is 35.5. The van der Waals surface area contributed by atoms with E-state index in [1.807, 2.05) is 32.9 Å². The van der Waals surface area contributed by atoms with Gasteiger partial charge in [0.25, 0.3) is 0 Å². The van der Waals surface area contributed by atoms with Gasteiger partial charge in [0.15, 0.2) is 0 Å². The predicted octanol–water partition coefficient (Wildman–Crippen LogP) is 7.69. The van der Waals surface area contributed by atoms with Crippen LogP contribution < -0.4 is 0 Å². The summed E-state index contributed by atoms with van der Waals surface area (Å²) in [6.07, 6.45) is 12.3. The normalized spacial score (nSPS) is 19.4. The maximum atomic E-state index is 9.74. The fourth-order valence-electron chi connectivity index (χ4n) is 3.56. The molecule has 0 spiro atoms. The second kappa shape index (κ2) is 18.2. The molecule has 1 aliphatic carbocycles. The van der Waals surface area contributed by atoms with Crippen molar-refractivity contribution in [3.05, 3.63) is 34.3 Å². The summed E-state index contributed by atoms with van der Waals surface area (Å²) in [5.74, 6) is 2.29. The van der Waals surface area contributed by atoms with Gasteiger partial charge in [-0.2, -0.15) is 5.26 Å². The molecule has 3 rings (SSSR count). The SMILES string of the molecule is CC1CCN(C)C1.CCC(C)C=O.CCC1CCCCC1.Cc1ccc(C#N)c(Cl)c1. The Balaban J connectivity index is 0.000000395. The Morgan fingerprint density at radius 1 is 1.23 bits per heavy atom. The second-order valence-electron chi connectivity index (χ2n) is 9.19. The molecule has 0 radical (unpaired) electrons. The first kappa shape index (κ1) is 29.6. The van der Waals surface area contributed by atoms with E-state index >= 15 is 0 Å². The van der Waals surface area contributed by atoms with Gasteiger partial charge in [-0.1, -0.05) is 83.9 Å². The first-order valence-electron chi connectivity index (χ1n) is 12.1. The maximum Gasteiger partial charge on any atom is 0.122 e. The summed E-state index contributed by atoms with van der Waals surface area (Å²) >= 11 is 5.71. The Bertz CT molecular complexity index is 627. The average molecular weight is 449 g/mol. The molecule has 0 amide bonds. The summed E-state index contributed by atoms with van der Waals surface area (Å²) in [5, 5.41) is 9.00. The largest absolute Gasteiger partial charge is 0.306 e. The minimum absolute atomic E-state index is 0.255. The van der Waals surface area contributed by atoms with Crippen LogP contribution in [0.1, 0.15) is 90.2 Å². The molecule has 2 aliphatic rings. The number of hydrogen-bond donors (Lipinski definition) is 0. The smallest absolute Gasteiger partial charge is 0.122 e. The van der Waals surface area contributed by atoms with Gasteiger partial charge in [-0.05, 0) is 62.9 Å². The number of rotatable bonds is 3. The predicted molar refractivity (Wildman–Crippen MR) is 135 cm³/mol. The molecule has 2 unspecified atom stereocenters. The Labute approximate surface area is 197 Å². The van der Waals surface area contributed by atoms with Gasteiger partial charge in [0.2, 0.25) is 0 Å². The van der Waals surface area contributed by atoms with Crippen molar-refractivity contribution < 1.29 is 4.79 Å². The average Bonchev–Trinajstić information content (AvgIpc) is 3.17. The van der Waals surface area contributed by atoms with Crippen molar-refractivity contribution in [2.75, 3.05) is 20.1 Å². The van der Waals surface area contributed by atoms with Gasteiger partial charge >= 0.3 is 0 Å². The highest BCUT2D eigenvalue weighted by molar-refractivity contribution is 6.31. The zero-order valence-electron chi connectivity index (χ0n) is 20.8. The molecule has 2 fully saturated rings. The molecule has 1 aromatic rings. The van der Waals surface area contributed by atoms with Gasteiger partial charge in [0.1, 0.15) is 12.4 Å². The molecule has 1 heterocycles. The van der Waals surface area contributed by atoms with E-state index in [-0.39, 0.29) is 5.92 Å². The van der Waals surface area contributed by atoms with E-state index in [0.717, 1.165) is 30.1 Å². The van der Waals surface area contributed by atoms with E-state index in [9.17, 15) is 4.79 Å². The van der Waals surface area contributed by atoms with Crippen molar-refractivity contribution in [1.82, 2.24) is 4.90 Å². The van der Waals surface area contributed by atoms with Crippen LogP contribution in [0.15, 0.2) is 18.2 Å². The van der Waals surface area contributed by atoms with Crippen molar-refractivity contribution in [2.45, 2.75) is 86.0 Å². The highest BCUT2D eigenvalue weighted by Gasteiger charge is 2.13. The number of hydrogen-bond acceptors (Lipinski definition) is 3. The molecule has 0 aromatic heterocycles. The number of halogens is 1. The number of nitrogens with zero attached hydrogens (tertiary/aromatic N) is 2. The van der Waals surface area contributed by atoms with E-state index < -0.39 is 0 Å². The Kier molecular flexibility index (Phi) is 17.4. The lowest BCUT2D eigenvalue weighted by molar-refractivity contribution is -0.110. The van der Waals surface area contributed by atoms with Gasteiger partial charge in [0.05, 0.1) is 10.6 Å². The van der Waals surface area contributed by atoms with Gasteiger partial charge in [0, 0.05) is 12.5 Å². The lowest BCUT2D eigenvalue weighted by atomic mass is 9.88. The van der Waals surface area contributed by atoms with Crippen LogP contribution in [-0.4, -0.2) is 31.3 Å². The molecule has 176 valence electrons. The maximum absolute atomic E-state index is 9.74. The van der Waals surface area contributed by atoms with Crippen LogP contribution in [0.4, 0.5) is 0 Å². The van der Waals surface area contributed by atoms with Crippen molar-refractivity contribution in [3.63, 3.8) is 0 Å². The summed E-state index contributed by atoms with van der Waals surface area (Å²) < 4.78 is 0. The molecule has 1 saturated carbocycles. The van der Waals surface area contributed by atoms with Gasteiger partial charge in [-0.3, -0.25) is 0 Å². The first-order chi connectivity index (χ1) is 14.8. The summed E-state index contributed by atoms with van der Waals surface area (Å²) in [6, 6.07) is 7.35. The number of nitriles is 1. The molecule has 4 heteroatoms. The van der Waals surface area contributed by atoms with Crippen LogP contribution in [-0.2, 0) is 4.79 Å². The summed E-state index contributed by atoms with van der Waals surface area (Å²) in [5.41, 5.74) is 1.61. The van der Waals surface area contributed by atoms with E-state index in [2.05, 4.69) is 25.8 Å². The topological polar surface area (TPSA) is 44.1 Å². The summed E-state index contributed by atoms with van der Waals surface area (Å²) in [4.78, 5) is 12.1. The van der Waals surface area contributed by atoms with E-state index in [4.69, 9.17) is 16.9 Å². The fourth-order valence-corrected chi connectivity index (χ4v) is 3.84. The molecule has 0 bridgehead atoms. The van der Waals surface area contributed by atoms with Crippen LogP contribution in [0.25, 0.3) is 0 Å². The number of likely N-dealkylation sites (tertiary alicyclic amines) is 1. The van der Waals surface area contributed by atoms with Crippen LogP contribution in [0.3, 0.4) is 0 Å². The highest BCUT2D eigenvalue weighted by Crippen LogP contribution is 2.25. The van der Waals surface area contributed by atoms with E-state index in [1.165, 1.54) is 58.0 Å². The molecule has 1 aliphatic heterocycles. The minimum atomic E-state index is 0.255. The Hall–Kier alpha value is -1.37. The molecule has 2 atom stereocenters. The third kappa shape index (κ3) is 15.1. The quantitative estimate of drug-likeness (QED) is 0.445. The van der Waals surface area contributed by atoms with Crippen molar-refractivity contribution in [3.8, 4) is 6.07 Å². The Morgan fingerprint density at radius 2 is 1.87 bits per heavy atom. The van der Waals surface area contributed by atoms with Crippen molar-refractivity contribution >= 4 is 17.9 Å². The third-order valence-electron chi connectivity index (χ3n) is 6.05. The van der Waals surface area contributed by atoms with Crippen LogP contribution in [0, 0.1) is 36.0 Å². The number of benzene rings is 1. The lowest BCUT2D eigenvalue weighted by Crippen LogP contribution is -2.12. The monoisotopic (exact) mass is 448 g/mol. The van der Waals surface area contributed by atoms with Gasteiger partial charge in [-0.15, -0.1) is 0 Å². The fraction of sp³-hybridized carbons (Fsp3) is 0.704. The zero-order chi connectivity index (χ0) is 23.6. The standard InChI is InChI=1S/C8H6ClN.C8H16.C6H13N.C5H10O/c1-6-2-3-7(5-10)8(9)4-6;1-2-8-6-4-3-5-7-8;1-6-3-4-7(2)5-6;1-3-5(2)4-6/h2-4H,1H3;8H,2-7H2,1H3;6H,3-5H2,1-2H3;4-5H,3H2,1-2H3. The summed E-state index contributed by atoms with van der Waals surface area (Å²) in [6.45, 7) is 13.1. The molecular weight excluding hydrogens is 404 g/mol. The first-order valence-corrected chi connectivity index (χ1v) is 12.4. The molecule has 1 aromatic carbocycles. The Morgan fingerprint density at radius 3 is 2.16 bits per heavy atom. The number of carbonyl (C=O) groups is 1. The second-order valence-corrected chi connectivity index (χ2v) is 9.59. The van der Waals surface area contributed by atoms with Crippen molar-refractivity contribution in [2.24, 2.45) is 17.8 Å². The zero-order valence-corrected chi connectivity index (χ0v) is 21.5. The lowest BCUT2D eigenvalue weighted by Gasteiger charge is -2.18. The van der Waals surface area contributed by atoms with E-state index in [1.54, 1.807) is 12.1 Å². The van der Waals surface area contributed by atoms with Gasteiger partial charge in [-0.25, -0.2) is 0 Å². The van der Waals surface area contributed by atoms with Gasteiger partial charge < -0.3 is 9.69 Å². The minimum Gasteiger partial charge on any atom is -0.306 e. The number of aryl methyl sites for hydroxylation is 1. The third-order valence-corrected chi connectivity index (χ3v) is 6.36. The summed E-state index contributed by atoms with van der Waals surface area (Å²) in [7, 11) is 2.18.